The van der Waals surface area contributed by atoms with Gasteiger partial charge >= 0.3 is 0 Å². The second-order valence-corrected chi connectivity index (χ2v) is 5.29. The van der Waals surface area contributed by atoms with Crippen LogP contribution in [0.1, 0.15) is 30.2 Å². The van der Waals surface area contributed by atoms with Crippen LogP contribution >= 0.6 is 0 Å². The van der Waals surface area contributed by atoms with Gasteiger partial charge in [-0.3, -0.25) is 4.79 Å². The summed E-state index contributed by atoms with van der Waals surface area (Å²) in [6.07, 6.45) is 0. The van der Waals surface area contributed by atoms with E-state index in [9.17, 15) is 9.18 Å². The maximum absolute atomic E-state index is 12.8. The molecule has 1 amide bonds. The van der Waals surface area contributed by atoms with Gasteiger partial charge in [0.2, 0.25) is 0 Å². The van der Waals surface area contributed by atoms with Crippen LogP contribution in [0.25, 0.3) is 0 Å². The third-order valence-corrected chi connectivity index (χ3v) is 3.69. The van der Waals surface area contributed by atoms with E-state index in [0.717, 1.165) is 19.6 Å². The Hall–Kier alpha value is -2.34. The number of likely N-dealkylation sites (N-methyl/N-ethyl adjacent to an activating group) is 1. The summed E-state index contributed by atoms with van der Waals surface area (Å²) in [5.41, 5.74) is 0. The zero-order valence-corrected chi connectivity index (χ0v) is 14.0. The van der Waals surface area contributed by atoms with E-state index in [1.807, 2.05) is 0 Å². The Morgan fingerprint density at radius 3 is 2.54 bits per heavy atom. The smallest absolute Gasteiger partial charge is 0.287 e. The van der Waals surface area contributed by atoms with E-state index in [2.05, 4.69) is 24.1 Å². The highest BCUT2D eigenvalue weighted by Crippen LogP contribution is 2.15. The molecule has 0 fully saturated rings. The molecule has 1 N–H and O–H groups in total. The quantitative estimate of drug-likeness (QED) is 0.766. The standard InChI is InChI=1S/C18H23FN2O3/c1-3-21(4-2)12-11-20-18(22)17-10-9-16(24-17)13-23-15-7-5-14(19)6-8-15/h5-10H,3-4,11-13H2,1-2H3,(H,20,22). The van der Waals surface area contributed by atoms with Gasteiger partial charge in [-0.2, -0.15) is 0 Å². The monoisotopic (exact) mass is 334 g/mol. The predicted octanol–water partition coefficient (Wildman–Crippen LogP) is 3.07. The van der Waals surface area contributed by atoms with Crippen molar-refractivity contribution >= 4 is 5.91 Å². The third kappa shape index (κ3) is 5.38. The molecular formula is C18H23FN2O3. The maximum atomic E-state index is 12.8. The van der Waals surface area contributed by atoms with Gasteiger partial charge in [0.05, 0.1) is 0 Å². The predicted molar refractivity (Wildman–Crippen MR) is 89.6 cm³/mol. The summed E-state index contributed by atoms with van der Waals surface area (Å²) < 4.78 is 23.8. The number of benzene rings is 1. The largest absolute Gasteiger partial charge is 0.486 e. The second kappa shape index (κ2) is 9.08. The summed E-state index contributed by atoms with van der Waals surface area (Å²) in [4.78, 5) is 14.2. The zero-order chi connectivity index (χ0) is 17.4. The average molecular weight is 334 g/mol. The highest BCUT2D eigenvalue weighted by molar-refractivity contribution is 5.91. The molecule has 0 bridgehead atoms. The van der Waals surface area contributed by atoms with Crippen LogP contribution in [0.3, 0.4) is 0 Å². The van der Waals surface area contributed by atoms with Crippen molar-refractivity contribution in [3.8, 4) is 5.75 Å². The van der Waals surface area contributed by atoms with Gasteiger partial charge in [-0.05, 0) is 49.5 Å². The number of ether oxygens (including phenoxy) is 1. The maximum Gasteiger partial charge on any atom is 0.287 e. The minimum Gasteiger partial charge on any atom is -0.486 e. The molecule has 0 atom stereocenters. The lowest BCUT2D eigenvalue weighted by molar-refractivity contribution is 0.0917. The molecule has 130 valence electrons. The molecule has 24 heavy (non-hydrogen) atoms. The topological polar surface area (TPSA) is 54.7 Å². The number of furan rings is 1. The SMILES string of the molecule is CCN(CC)CCNC(=O)c1ccc(COc2ccc(F)cc2)o1. The number of amides is 1. The molecule has 2 aromatic rings. The summed E-state index contributed by atoms with van der Waals surface area (Å²) >= 11 is 0. The number of hydrogen-bond donors (Lipinski definition) is 1. The molecule has 0 unspecified atom stereocenters. The van der Waals surface area contributed by atoms with Gasteiger partial charge in [-0.1, -0.05) is 13.8 Å². The van der Waals surface area contributed by atoms with Crippen molar-refractivity contribution in [2.24, 2.45) is 0 Å². The molecule has 5 nitrogen and oxygen atoms in total. The van der Waals surface area contributed by atoms with E-state index in [4.69, 9.17) is 9.15 Å². The third-order valence-electron chi connectivity index (χ3n) is 3.69. The van der Waals surface area contributed by atoms with Gasteiger partial charge in [0.25, 0.3) is 5.91 Å². The minimum absolute atomic E-state index is 0.179. The Bertz CT molecular complexity index is 636. The molecule has 0 radical (unpaired) electrons. The van der Waals surface area contributed by atoms with Crippen molar-refractivity contribution in [3.63, 3.8) is 0 Å². The lowest BCUT2D eigenvalue weighted by atomic mass is 10.3. The van der Waals surface area contributed by atoms with Crippen LogP contribution in [-0.4, -0.2) is 37.0 Å². The molecule has 0 saturated carbocycles. The number of halogens is 1. The van der Waals surface area contributed by atoms with Crippen LogP contribution < -0.4 is 10.1 Å². The number of carbonyl (C=O) groups excluding carboxylic acids is 1. The fraction of sp³-hybridized carbons (Fsp3) is 0.389. The van der Waals surface area contributed by atoms with Gasteiger partial charge < -0.3 is 19.4 Å². The molecule has 0 spiro atoms. The van der Waals surface area contributed by atoms with Crippen LogP contribution in [0.2, 0.25) is 0 Å². The number of carbonyl (C=O) groups is 1. The Morgan fingerprint density at radius 2 is 1.88 bits per heavy atom. The Labute approximate surface area is 141 Å². The van der Waals surface area contributed by atoms with E-state index in [1.165, 1.54) is 12.1 Å². The first-order valence-electron chi connectivity index (χ1n) is 8.10. The average Bonchev–Trinajstić information content (AvgIpc) is 3.07. The fourth-order valence-electron chi connectivity index (χ4n) is 2.22. The van der Waals surface area contributed by atoms with Crippen molar-refractivity contribution in [2.75, 3.05) is 26.2 Å². The summed E-state index contributed by atoms with van der Waals surface area (Å²) in [7, 11) is 0. The first-order valence-corrected chi connectivity index (χ1v) is 8.10. The first kappa shape index (κ1) is 18.0. The van der Waals surface area contributed by atoms with E-state index < -0.39 is 0 Å². The Balaban J connectivity index is 1.79. The summed E-state index contributed by atoms with van der Waals surface area (Å²) in [6, 6.07) is 9.05. The molecule has 0 aliphatic carbocycles. The fourth-order valence-corrected chi connectivity index (χ4v) is 2.22. The molecule has 1 heterocycles. The lowest BCUT2D eigenvalue weighted by Crippen LogP contribution is -2.34. The van der Waals surface area contributed by atoms with Crippen LogP contribution in [0.4, 0.5) is 4.39 Å². The summed E-state index contributed by atoms with van der Waals surface area (Å²) in [5, 5.41) is 2.83. The Morgan fingerprint density at radius 1 is 1.17 bits per heavy atom. The molecule has 2 rings (SSSR count). The minimum atomic E-state index is -0.316. The molecule has 0 saturated heterocycles. The van der Waals surface area contributed by atoms with Crippen LogP contribution in [0.5, 0.6) is 5.75 Å². The molecule has 0 aliphatic rings. The molecule has 1 aromatic carbocycles. The zero-order valence-electron chi connectivity index (χ0n) is 14.0. The van der Waals surface area contributed by atoms with Gasteiger partial charge in [-0.25, -0.2) is 4.39 Å². The van der Waals surface area contributed by atoms with Crippen LogP contribution in [0, 0.1) is 5.82 Å². The van der Waals surface area contributed by atoms with Crippen molar-refractivity contribution in [3.05, 3.63) is 53.7 Å². The van der Waals surface area contributed by atoms with E-state index in [1.54, 1.807) is 24.3 Å². The van der Waals surface area contributed by atoms with Gasteiger partial charge in [0, 0.05) is 13.1 Å². The molecule has 0 aliphatic heterocycles. The number of rotatable bonds is 9. The van der Waals surface area contributed by atoms with E-state index in [-0.39, 0.29) is 24.1 Å². The normalized spacial score (nSPS) is 10.8. The molecule has 1 aromatic heterocycles. The highest BCUT2D eigenvalue weighted by atomic mass is 19.1. The second-order valence-electron chi connectivity index (χ2n) is 5.29. The van der Waals surface area contributed by atoms with Gasteiger partial charge in [-0.15, -0.1) is 0 Å². The Kier molecular flexibility index (Phi) is 6.81. The van der Waals surface area contributed by atoms with Crippen LogP contribution in [-0.2, 0) is 6.61 Å². The molecular weight excluding hydrogens is 311 g/mol. The summed E-state index contributed by atoms with van der Waals surface area (Å²) in [6.45, 7) is 7.65. The van der Waals surface area contributed by atoms with Crippen molar-refractivity contribution in [2.45, 2.75) is 20.5 Å². The number of hydrogen-bond acceptors (Lipinski definition) is 4. The van der Waals surface area contributed by atoms with E-state index >= 15 is 0 Å². The lowest BCUT2D eigenvalue weighted by Gasteiger charge is -2.17. The van der Waals surface area contributed by atoms with E-state index in [0.29, 0.717) is 18.1 Å². The highest BCUT2D eigenvalue weighted by Gasteiger charge is 2.11. The number of nitrogens with one attached hydrogen (secondary N) is 1. The van der Waals surface area contributed by atoms with Crippen molar-refractivity contribution in [1.29, 1.82) is 0 Å². The van der Waals surface area contributed by atoms with Crippen molar-refractivity contribution in [1.82, 2.24) is 10.2 Å². The van der Waals surface area contributed by atoms with Gasteiger partial charge in [0.15, 0.2) is 5.76 Å². The molecule has 6 heteroatoms. The number of nitrogens with zero attached hydrogens (tertiary/aromatic N) is 1. The van der Waals surface area contributed by atoms with Crippen molar-refractivity contribution < 1.29 is 18.3 Å². The first-order chi connectivity index (χ1) is 11.6. The van der Waals surface area contributed by atoms with Gasteiger partial charge in [0.1, 0.15) is 23.9 Å². The van der Waals surface area contributed by atoms with Crippen LogP contribution in [0.15, 0.2) is 40.8 Å². The summed E-state index contributed by atoms with van der Waals surface area (Å²) in [5.74, 6) is 0.776.